The molecule has 0 saturated heterocycles. The third-order valence-electron chi connectivity index (χ3n) is 5.11. The molecule has 9 heteroatoms. The van der Waals surface area contributed by atoms with Gasteiger partial charge in [0.05, 0.1) is 22.8 Å². The minimum Gasteiger partial charge on any atom is -0.349 e. The minimum atomic E-state index is -3.47. The molecule has 3 rings (SSSR count). The number of aromatic nitrogens is 2. The molecular weight excluding hydrogens is 419 g/mol. The summed E-state index contributed by atoms with van der Waals surface area (Å²) in [5.74, 6) is -0.430. The fourth-order valence-corrected chi connectivity index (χ4v) is 4.02. The number of carbonyl (C=O) groups is 1. The van der Waals surface area contributed by atoms with Gasteiger partial charge in [-0.1, -0.05) is 12.1 Å². The highest BCUT2D eigenvalue weighted by molar-refractivity contribution is 7.89. The zero-order chi connectivity index (χ0) is 22.6. The number of carbonyl (C=O) groups excluding carboxylic acids is 1. The molecule has 0 aliphatic heterocycles. The first-order chi connectivity index (χ1) is 14.7. The average Bonchev–Trinajstić information content (AvgIpc) is 3.14. The second-order valence-corrected chi connectivity index (χ2v) is 9.10. The van der Waals surface area contributed by atoms with Crippen LogP contribution in [0.3, 0.4) is 0 Å². The van der Waals surface area contributed by atoms with Crippen LogP contribution in [-0.2, 0) is 21.2 Å². The van der Waals surface area contributed by atoms with Crippen molar-refractivity contribution in [1.29, 1.82) is 0 Å². The van der Waals surface area contributed by atoms with Gasteiger partial charge in [-0.25, -0.2) is 22.2 Å². The molecule has 0 fully saturated rings. The molecule has 2 N–H and O–H groups in total. The van der Waals surface area contributed by atoms with E-state index in [9.17, 15) is 17.6 Å². The Morgan fingerprint density at radius 1 is 1.13 bits per heavy atom. The van der Waals surface area contributed by atoms with Crippen molar-refractivity contribution >= 4 is 15.9 Å². The lowest BCUT2D eigenvalue weighted by Gasteiger charge is -2.14. The number of hydrogen-bond donors (Lipinski definition) is 2. The van der Waals surface area contributed by atoms with E-state index in [-0.39, 0.29) is 29.1 Å². The molecule has 7 nitrogen and oxygen atoms in total. The van der Waals surface area contributed by atoms with E-state index in [4.69, 9.17) is 0 Å². The van der Waals surface area contributed by atoms with Crippen molar-refractivity contribution in [2.75, 3.05) is 7.05 Å². The summed E-state index contributed by atoms with van der Waals surface area (Å²) in [6, 6.07) is 12.3. The van der Waals surface area contributed by atoms with Gasteiger partial charge in [-0.3, -0.25) is 4.79 Å². The van der Waals surface area contributed by atoms with Crippen LogP contribution in [0.1, 0.15) is 36.2 Å². The minimum absolute atomic E-state index is 0.117. The van der Waals surface area contributed by atoms with Gasteiger partial charge in [0.15, 0.2) is 0 Å². The largest absolute Gasteiger partial charge is 0.349 e. The monoisotopic (exact) mass is 444 g/mol. The third kappa shape index (κ3) is 5.36. The molecule has 0 spiro atoms. The van der Waals surface area contributed by atoms with Crippen molar-refractivity contribution in [1.82, 2.24) is 19.8 Å². The number of aryl methyl sites for hydroxylation is 1. The summed E-state index contributed by atoms with van der Waals surface area (Å²) >= 11 is 0. The molecule has 1 aromatic heterocycles. The number of amides is 1. The first-order valence-electron chi connectivity index (χ1n) is 9.83. The number of rotatable bonds is 8. The Morgan fingerprint density at radius 3 is 2.39 bits per heavy atom. The summed E-state index contributed by atoms with van der Waals surface area (Å²) in [5.41, 5.74) is 3.35. The molecule has 1 amide bonds. The summed E-state index contributed by atoms with van der Waals surface area (Å²) in [5, 5.41) is 7.33. The highest BCUT2D eigenvalue weighted by Crippen LogP contribution is 2.20. The van der Waals surface area contributed by atoms with Gasteiger partial charge in [0.1, 0.15) is 5.82 Å². The first-order valence-corrected chi connectivity index (χ1v) is 11.3. The molecule has 0 radical (unpaired) electrons. The molecular formula is C22H25FN4O3S. The maximum absolute atomic E-state index is 13.2. The summed E-state index contributed by atoms with van der Waals surface area (Å²) < 4.78 is 40.7. The van der Waals surface area contributed by atoms with E-state index < -0.39 is 10.0 Å². The highest BCUT2D eigenvalue weighted by atomic mass is 32.2. The van der Waals surface area contributed by atoms with Gasteiger partial charge in [0.2, 0.25) is 15.9 Å². The van der Waals surface area contributed by atoms with E-state index in [1.807, 2.05) is 13.8 Å². The fraction of sp³-hybridized carbons (Fsp3) is 0.273. The molecule has 1 heterocycles. The van der Waals surface area contributed by atoms with Gasteiger partial charge in [0.25, 0.3) is 0 Å². The van der Waals surface area contributed by atoms with Crippen LogP contribution >= 0.6 is 0 Å². The Hall–Kier alpha value is -3.04. The van der Waals surface area contributed by atoms with Crippen molar-refractivity contribution in [3.63, 3.8) is 0 Å². The molecule has 0 saturated carbocycles. The molecule has 1 atom stereocenters. The topological polar surface area (TPSA) is 93.1 Å². The quantitative estimate of drug-likeness (QED) is 0.559. The summed E-state index contributed by atoms with van der Waals surface area (Å²) in [4.78, 5) is 12.6. The number of nitrogens with zero attached hydrogens (tertiary/aromatic N) is 2. The van der Waals surface area contributed by atoms with Crippen molar-refractivity contribution in [2.45, 2.75) is 37.6 Å². The predicted octanol–water partition coefficient (Wildman–Crippen LogP) is 3.04. The van der Waals surface area contributed by atoms with Crippen molar-refractivity contribution in [2.24, 2.45) is 0 Å². The van der Waals surface area contributed by atoms with Crippen molar-refractivity contribution < 1.29 is 17.6 Å². The van der Waals surface area contributed by atoms with Crippen LogP contribution in [0.25, 0.3) is 5.69 Å². The summed E-state index contributed by atoms with van der Waals surface area (Å²) in [6.07, 6.45) is 2.46. The van der Waals surface area contributed by atoms with Gasteiger partial charge in [-0.05, 0) is 69.3 Å². The molecule has 31 heavy (non-hydrogen) atoms. The molecule has 2 aromatic carbocycles. The maximum atomic E-state index is 13.2. The van der Waals surface area contributed by atoms with Gasteiger partial charge >= 0.3 is 0 Å². The Bertz CT molecular complexity index is 1160. The number of hydrogen-bond acceptors (Lipinski definition) is 4. The van der Waals surface area contributed by atoms with Crippen LogP contribution in [0, 0.1) is 12.7 Å². The fourth-order valence-electron chi connectivity index (χ4n) is 3.29. The number of sulfonamides is 1. The van der Waals surface area contributed by atoms with Gasteiger partial charge in [0, 0.05) is 17.7 Å². The smallest absolute Gasteiger partial charge is 0.240 e. The lowest BCUT2D eigenvalue weighted by molar-refractivity contribution is -0.121. The second kappa shape index (κ2) is 9.40. The van der Waals surface area contributed by atoms with Crippen molar-refractivity contribution in [3.8, 4) is 5.69 Å². The first kappa shape index (κ1) is 22.6. The summed E-state index contributed by atoms with van der Waals surface area (Å²) in [6.45, 7) is 3.78. The van der Waals surface area contributed by atoms with Gasteiger partial charge < -0.3 is 5.32 Å². The Balaban J connectivity index is 1.59. The van der Waals surface area contributed by atoms with Crippen LogP contribution in [0.5, 0.6) is 0 Å². The van der Waals surface area contributed by atoms with Gasteiger partial charge in [-0.2, -0.15) is 5.10 Å². The zero-order valence-electron chi connectivity index (χ0n) is 17.6. The molecule has 164 valence electrons. The Kier molecular flexibility index (Phi) is 6.87. The lowest BCUT2D eigenvalue weighted by Crippen LogP contribution is -2.27. The zero-order valence-corrected chi connectivity index (χ0v) is 18.4. The van der Waals surface area contributed by atoms with Crippen LogP contribution in [0.2, 0.25) is 0 Å². The molecule has 3 aromatic rings. The van der Waals surface area contributed by atoms with Crippen LogP contribution in [-0.4, -0.2) is 31.2 Å². The van der Waals surface area contributed by atoms with Crippen LogP contribution in [0.4, 0.5) is 4.39 Å². The van der Waals surface area contributed by atoms with Gasteiger partial charge in [-0.15, -0.1) is 0 Å². The maximum Gasteiger partial charge on any atom is 0.240 e. The second-order valence-electron chi connectivity index (χ2n) is 7.21. The Labute approximate surface area is 181 Å². The summed E-state index contributed by atoms with van der Waals surface area (Å²) in [7, 11) is -2.11. The van der Waals surface area contributed by atoms with E-state index in [0.29, 0.717) is 6.42 Å². The number of halogens is 1. The van der Waals surface area contributed by atoms with Crippen LogP contribution < -0.4 is 10.0 Å². The van der Waals surface area contributed by atoms with E-state index >= 15 is 0 Å². The molecule has 1 unspecified atom stereocenters. The number of benzene rings is 2. The molecule has 0 aliphatic carbocycles. The average molecular weight is 445 g/mol. The van der Waals surface area contributed by atoms with E-state index in [2.05, 4.69) is 15.1 Å². The standard InChI is InChI=1S/C22H25FN4O3S/c1-15(21-14-25-27(16(21)2)19-9-7-18(23)8-10-19)26-22(28)13-6-17-4-11-20(12-5-17)31(29,30)24-3/h4-5,7-12,14-15,24H,6,13H2,1-3H3,(H,26,28). The number of nitrogens with one attached hydrogen (secondary N) is 2. The van der Waals surface area contributed by atoms with E-state index in [1.54, 1.807) is 35.1 Å². The predicted molar refractivity (Wildman–Crippen MR) is 116 cm³/mol. The Morgan fingerprint density at radius 2 is 1.77 bits per heavy atom. The normalized spacial score (nSPS) is 12.5. The van der Waals surface area contributed by atoms with E-state index in [0.717, 1.165) is 22.5 Å². The third-order valence-corrected chi connectivity index (χ3v) is 6.54. The van der Waals surface area contributed by atoms with Crippen LogP contribution in [0.15, 0.2) is 59.6 Å². The van der Waals surface area contributed by atoms with E-state index in [1.165, 1.54) is 31.3 Å². The SMILES string of the molecule is CNS(=O)(=O)c1ccc(CCC(=O)NC(C)c2cnn(-c3ccc(F)cc3)c2C)cc1. The lowest BCUT2D eigenvalue weighted by atomic mass is 10.1. The van der Waals surface area contributed by atoms with Crippen molar-refractivity contribution in [3.05, 3.63) is 77.4 Å². The molecule has 0 aliphatic rings. The molecule has 0 bridgehead atoms. The highest BCUT2D eigenvalue weighted by Gasteiger charge is 2.17.